The van der Waals surface area contributed by atoms with E-state index >= 15 is 0 Å². The summed E-state index contributed by atoms with van der Waals surface area (Å²) in [7, 11) is 0. The second-order valence-electron chi connectivity index (χ2n) is 4.66. The van der Waals surface area contributed by atoms with Gasteiger partial charge in [-0.05, 0) is 11.1 Å². The van der Waals surface area contributed by atoms with Crippen LogP contribution < -0.4 is 11.5 Å². The van der Waals surface area contributed by atoms with Crippen LogP contribution in [0.3, 0.4) is 0 Å². The summed E-state index contributed by atoms with van der Waals surface area (Å²) in [4.78, 5) is 12.4. The molecule has 5 heteroatoms. The summed E-state index contributed by atoms with van der Waals surface area (Å²) in [5.41, 5.74) is 13.6. The fraction of sp³-hybridized carbons (Fsp3) is 0.0625. The monoisotopic (exact) mass is 277 g/mol. The molecule has 0 bridgehead atoms. The third-order valence-electron chi connectivity index (χ3n) is 3.21. The highest BCUT2D eigenvalue weighted by Crippen LogP contribution is 2.29. The zero-order valence-electron chi connectivity index (χ0n) is 11.3. The van der Waals surface area contributed by atoms with Crippen molar-refractivity contribution in [3.63, 3.8) is 0 Å². The fourth-order valence-electron chi connectivity index (χ4n) is 2.34. The molecule has 0 radical (unpaired) electrons. The summed E-state index contributed by atoms with van der Waals surface area (Å²) in [5.74, 6) is 0.695. The van der Waals surface area contributed by atoms with E-state index < -0.39 is 0 Å². The largest absolute Gasteiger partial charge is 0.368 e. The van der Waals surface area contributed by atoms with Gasteiger partial charge in [-0.3, -0.25) is 0 Å². The Labute approximate surface area is 122 Å². The number of hydrogen-bond acceptors (Lipinski definition) is 5. The standard InChI is InChI=1S/C16H15N5/c17-15-19-14(20-16(18)21-15)13(11-7-3-1-4-8-11)12-9-5-2-6-10-12/h1-10,13H,(H4,17,18,19,20,21). The van der Waals surface area contributed by atoms with Crippen LogP contribution in [-0.2, 0) is 0 Å². The van der Waals surface area contributed by atoms with Gasteiger partial charge in [-0.25, -0.2) is 0 Å². The highest BCUT2D eigenvalue weighted by atomic mass is 15.1. The molecule has 0 aliphatic rings. The molecule has 3 aromatic rings. The van der Waals surface area contributed by atoms with Gasteiger partial charge in [-0.1, -0.05) is 60.7 Å². The van der Waals surface area contributed by atoms with Crippen molar-refractivity contribution in [3.8, 4) is 0 Å². The van der Waals surface area contributed by atoms with Crippen molar-refractivity contribution in [2.45, 2.75) is 5.92 Å². The lowest BCUT2D eigenvalue weighted by Gasteiger charge is -2.17. The summed E-state index contributed by atoms with van der Waals surface area (Å²) in [5, 5.41) is 0. The predicted octanol–water partition coefficient (Wildman–Crippen LogP) is 2.22. The molecular weight excluding hydrogens is 262 g/mol. The van der Waals surface area contributed by atoms with Crippen molar-refractivity contribution < 1.29 is 0 Å². The van der Waals surface area contributed by atoms with E-state index in [2.05, 4.69) is 15.0 Å². The lowest BCUT2D eigenvalue weighted by molar-refractivity contribution is 0.843. The van der Waals surface area contributed by atoms with Gasteiger partial charge in [0.05, 0.1) is 5.92 Å². The molecule has 0 saturated carbocycles. The van der Waals surface area contributed by atoms with Crippen molar-refractivity contribution in [1.82, 2.24) is 15.0 Å². The zero-order valence-corrected chi connectivity index (χ0v) is 11.3. The average molecular weight is 277 g/mol. The number of nitrogen functional groups attached to an aromatic ring is 2. The van der Waals surface area contributed by atoms with Gasteiger partial charge in [0, 0.05) is 0 Å². The molecule has 4 N–H and O–H groups in total. The van der Waals surface area contributed by atoms with Gasteiger partial charge >= 0.3 is 0 Å². The number of benzene rings is 2. The van der Waals surface area contributed by atoms with Gasteiger partial charge in [0.2, 0.25) is 11.9 Å². The highest BCUT2D eigenvalue weighted by molar-refractivity contribution is 5.40. The first-order valence-corrected chi connectivity index (χ1v) is 6.61. The molecule has 21 heavy (non-hydrogen) atoms. The van der Waals surface area contributed by atoms with Crippen LogP contribution in [0.2, 0.25) is 0 Å². The second kappa shape index (κ2) is 5.58. The number of aromatic nitrogens is 3. The first-order chi connectivity index (χ1) is 10.2. The zero-order chi connectivity index (χ0) is 14.7. The van der Waals surface area contributed by atoms with Gasteiger partial charge in [-0.2, -0.15) is 15.0 Å². The summed E-state index contributed by atoms with van der Waals surface area (Å²) in [6.45, 7) is 0. The van der Waals surface area contributed by atoms with Crippen molar-refractivity contribution in [2.24, 2.45) is 0 Å². The third kappa shape index (κ3) is 2.81. The molecule has 104 valence electrons. The molecule has 0 unspecified atom stereocenters. The first kappa shape index (κ1) is 13.1. The van der Waals surface area contributed by atoms with E-state index in [1.165, 1.54) is 0 Å². The molecule has 0 fully saturated rings. The molecule has 0 aliphatic heterocycles. The summed E-state index contributed by atoms with van der Waals surface area (Å²) in [6, 6.07) is 20.0. The average Bonchev–Trinajstić information content (AvgIpc) is 2.49. The van der Waals surface area contributed by atoms with Crippen LogP contribution in [0, 0.1) is 0 Å². The van der Waals surface area contributed by atoms with Crippen molar-refractivity contribution in [2.75, 3.05) is 11.5 Å². The number of nitrogens with zero attached hydrogens (tertiary/aromatic N) is 3. The van der Waals surface area contributed by atoms with E-state index in [0.29, 0.717) is 5.82 Å². The minimum atomic E-state index is -0.125. The van der Waals surface area contributed by atoms with E-state index in [1.54, 1.807) is 0 Å². The van der Waals surface area contributed by atoms with Crippen molar-refractivity contribution in [3.05, 3.63) is 77.6 Å². The molecule has 0 spiro atoms. The van der Waals surface area contributed by atoms with E-state index in [9.17, 15) is 0 Å². The van der Waals surface area contributed by atoms with Crippen LogP contribution in [0.1, 0.15) is 22.9 Å². The minimum absolute atomic E-state index is 0.125. The minimum Gasteiger partial charge on any atom is -0.368 e. The van der Waals surface area contributed by atoms with Crippen LogP contribution in [0.5, 0.6) is 0 Å². The lowest BCUT2D eigenvalue weighted by Crippen LogP contribution is -2.12. The van der Waals surface area contributed by atoms with Crippen molar-refractivity contribution in [1.29, 1.82) is 0 Å². The van der Waals surface area contributed by atoms with Gasteiger partial charge in [0.15, 0.2) is 0 Å². The number of anilines is 2. The first-order valence-electron chi connectivity index (χ1n) is 6.61. The molecule has 1 heterocycles. The lowest BCUT2D eigenvalue weighted by atomic mass is 9.90. The molecule has 0 amide bonds. The molecular formula is C16H15N5. The number of rotatable bonds is 3. The Balaban J connectivity index is 2.17. The van der Waals surface area contributed by atoms with E-state index in [-0.39, 0.29) is 17.8 Å². The third-order valence-corrected chi connectivity index (χ3v) is 3.21. The van der Waals surface area contributed by atoms with Crippen LogP contribution in [0.25, 0.3) is 0 Å². The molecule has 1 aromatic heterocycles. The number of nitrogens with two attached hydrogens (primary N) is 2. The second-order valence-corrected chi connectivity index (χ2v) is 4.66. The number of hydrogen-bond donors (Lipinski definition) is 2. The van der Waals surface area contributed by atoms with Crippen LogP contribution >= 0.6 is 0 Å². The quantitative estimate of drug-likeness (QED) is 0.766. The Kier molecular flexibility index (Phi) is 3.47. The summed E-state index contributed by atoms with van der Waals surface area (Å²) < 4.78 is 0. The molecule has 5 nitrogen and oxygen atoms in total. The smallest absolute Gasteiger partial charge is 0.225 e. The Morgan fingerprint density at radius 2 is 1.05 bits per heavy atom. The normalized spacial score (nSPS) is 10.7. The van der Waals surface area contributed by atoms with Gasteiger partial charge in [-0.15, -0.1) is 0 Å². The summed E-state index contributed by atoms with van der Waals surface area (Å²) in [6.07, 6.45) is 0. The van der Waals surface area contributed by atoms with Crippen molar-refractivity contribution >= 4 is 11.9 Å². The van der Waals surface area contributed by atoms with Crippen LogP contribution in [-0.4, -0.2) is 15.0 Å². The van der Waals surface area contributed by atoms with Gasteiger partial charge in [0.1, 0.15) is 5.82 Å². The molecule has 3 rings (SSSR count). The van der Waals surface area contributed by atoms with E-state index in [1.807, 2.05) is 60.7 Å². The Morgan fingerprint density at radius 3 is 1.48 bits per heavy atom. The highest BCUT2D eigenvalue weighted by Gasteiger charge is 2.20. The molecule has 0 saturated heterocycles. The maximum absolute atomic E-state index is 5.71. The maximum Gasteiger partial charge on any atom is 0.225 e. The Morgan fingerprint density at radius 1 is 0.619 bits per heavy atom. The van der Waals surface area contributed by atoms with Gasteiger partial charge < -0.3 is 11.5 Å². The molecule has 0 atom stereocenters. The Bertz CT molecular complexity index is 668. The van der Waals surface area contributed by atoms with Gasteiger partial charge in [0.25, 0.3) is 0 Å². The fourth-order valence-corrected chi connectivity index (χ4v) is 2.34. The van der Waals surface area contributed by atoms with E-state index in [4.69, 9.17) is 11.5 Å². The van der Waals surface area contributed by atoms with E-state index in [0.717, 1.165) is 11.1 Å². The topological polar surface area (TPSA) is 90.7 Å². The van der Waals surface area contributed by atoms with Crippen LogP contribution in [0.15, 0.2) is 60.7 Å². The predicted molar refractivity (Wildman–Crippen MR) is 82.5 cm³/mol. The van der Waals surface area contributed by atoms with Crippen LogP contribution in [0.4, 0.5) is 11.9 Å². The molecule has 2 aromatic carbocycles. The summed E-state index contributed by atoms with van der Waals surface area (Å²) >= 11 is 0. The molecule has 0 aliphatic carbocycles. The Hall–Kier alpha value is -2.95. The maximum atomic E-state index is 5.71. The SMILES string of the molecule is Nc1nc(N)nc(C(c2ccccc2)c2ccccc2)n1.